The molecule has 1 aliphatic rings. The van der Waals surface area contributed by atoms with Gasteiger partial charge in [0, 0.05) is 17.7 Å². The van der Waals surface area contributed by atoms with Crippen molar-refractivity contribution in [3.05, 3.63) is 41.5 Å². The van der Waals surface area contributed by atoms with E-state index in [1.165, 1.54) is 25.0 Å². The van der Waals surface area contributed by atoms with Gasteiger partial charge in [0.2, 0.25) is 0 Å². The lowest BCUT2D eigenvalue weighted by atomic mass is 10.2. The molecule has 2 aromatic rings. The lowest BCUT2D eigenvalue weighted by molar-refractivity contribution is 0.599. The molecule has 1 fully saturated rings. The Morgan fingerprint density at radius 2 is 1.95 bits per heavy atom. The molecule has 20 heavy (non-hydrogen) atoms. The maximum Gasteiger partial charge on any atom is 0.191 e. The van der Waals surface area contributed by atoms with Crippen LogP contribution in [0.1, 0.15) is 50.0 Å². The van der Waals surface area contributed by atoms with Gasteiger partial charge in [-0.25, -0.2) is 4.39 Å². The highest BCUT2D eigenvalue weighted by atomic mass is 32.2. The number of halogens is 1. The highest BCUT2D eigenvalue weighted by Crippen LogP contribution is 2.40. The molecule has 0 spiro atoms. The van der Waals surface area contributed by atoms with Gasteiger partial charge in [-0.05, 0) is 30.5 Å². The van der Waals surface area contributed by atoms with E-state index in [1.54, 1.807) is 11.8 Å². The molecular weight excluding hydrogens is 273 g/mol. The van der Waals surface area contributed by atoms with Crippen LogP contribution in [0.5, 0.6) is 0 Å². The molecule has 1 saturated carbocycles. The number of hydrogen-bond acceptors (Lipinski definition) is 3. The van der Waals surface area contributed by atoms with Crippen molar-refractivity contribution in [1.82, 2.24) is 14.8 Å². The van der Waals surface area contributed by atoms with Crippen LogP contribution >= 0.6 is 11.8 Å². The Morgan fingerprint density at radius 1 is 1.25 bits per heavy atom. The zero-order valence-corrected chi connectivity index (χ0v) is 12.5. The van der Waals surface area contributed by atoms with Gasteiger partial charge in [-0.1, -0.05) is 37.7 Å². The molecule has 1 aromatic heterocycles. The van der Waals surface area contributed by atoms with E-state index < -0.39 is 0 Å². The van der Waals surface area contributed by atoms with Crippen molar-refractivity contribution in [2.45, 2.75) is 49.6 Å². The van der Waals surface area contributed by atoms with Crippen LogP contribution in [0.3, 0.4) is 0 Å². The van der Waals surface area contributed by atoms with Gasteiger partial charge in [-0.3, -0.25) is 0 Å². The number of aromatic nitrogens is 3. The Bertz CT molecular complexity index is 588. The van der Waals surface area contributed by atoms with Crippen LogP contribution in [-0.2, 0) is 5.75 Å². The fourth-order valence-corrected chi connectivity index (χ4v) is 3.15. The first-order valence-corrected chi connectivity index (χ1v) is 7.95. The molecule has 1 heterocycles. The lowest BCUT2D eigenvalue weighted by Gasteiger charge is -2.10. The maximum absolute atomic E-state index is 12.9. The Hall–Kier alpha value is -1.36. The molecule has 106 valence electrons. The van der Waals surface area contributed by atoms with Crippen molar-refractivity contribution >= 4 is 11.8 Å². The Morgan fingerprint density at radius 3 is 2.55 bits per heavy atom. The van der Waals surface area contributed by atoms with E-state index >= 15 is 0 Å². The van der Waals surface area contributed by atoms with Crippen LogP contribution in [-0.4, -0.2) is 14.8 Å². The van der Waals surface area contributed by atoms with Crippen molar-refractivity contribution in [2.24, 2.45) is 0 Å². The summed E-state index contributed by atoms with van der Waals surface area (Å²) in [6.07, 6.45) is 2.45. The van der Waals surface area contributed by atoms with Gasteiger partial charge in [0.25, 0.3) is 0 Å². The van der Waals surface area contributed by atoms with E-state index in [4.69, 9.17) is 0 Å². The molecule has 0 saturated heterocycles. The Kier molecular flexibility index (Phi) is 3.78. The fraction of sp³-hybridized carbons (Fsp3) is 0.467. The molecule has 0 unspecified atom stereocenters. The van der Waals surface area contributed by atoms with E-state index in [1.807, 2.05) is 12.1 Å². The highest BCUT2D eigenvalue weighted by Gasteiger charge is 2.30. The molecule has 3 rings (SSSR count). The summed E-state index contributed by atoms with van der Waals surface area (Å²) in [6.45, 7) is 4.30. The Labute approximate surface area is 122 Å². The third kappa shape index (κ3) is 2.87. The number of rotatable bonds is 5. The second-order valence-electron chi connectivity index (χ2n) is 5.51. The van der Waals surface area contributed by atoms with Crippen LogP contribution in [0.2, 0.25) is 0 Å². The van der Waals surface area contributed by atoms with E-state index in [2.05, 4.69) is 28.6 Å². The normalized spacial score (nSPS) is 15.0. The van der Waals surface area contributed by atoms with Crippen LogP contribution in [0.25, 0.3) is 0 Å². The highest BCUT2D eigenvalue weighted by molar-refractivity contribution is 7.98. The summed E-state index contributed by atoms with van der Waals surface area (Å²) in [5, 5.41) is 9.66. The van der Waals surface area contributed by atoms with Gasteiger partial charge in [-0.15, -0.1) is 10.2 Å². The van der Waals surface area contributed by atoms with Gasteiger partial charge in [0.15, 0.2) is 5.16 Å². The van der Waals surface area contributed by atoms with E-state index in [9.17, 15) is 4.39 Å². The molecule has 0 radical (unpaired) electrons. The minimum absolute atomic E-state index is 0.193. The van der Waals surface area contributed by atoms with Crippen molar-refractivity contribution in [1.29, 1.82) is 0 Å². The molecular formula is C15H18FN3S. The monoisotopic (exact) mass is 291 g/mol. The van der Waals surface area contributed by atoms with Crippen LogP contribution in [0, 0.1) is 5.82 Å². The van der Waals surface area contributed by atoms with Crippen molar-refractivity contribution in [2.75, 3.05) is 0 Å². The zero-order valence-electron chi connectivity index (χ0n) is 11.7. The third-order valence-electron chi connectivity index (χ3n) is 3.40. The van der Waals surface area contributed by atoms with Crippen LogP contribution in [0.15, 0.2) is 29.4 Å². The summed E-state index contributed by atoms with van der Waals surface area (Å²) in [6, 6.07) is 7.23. The van der Waals surface area contributed by atoms with Gasteiger partial charge in [-0.2, -0.15) is 0 Å². The second kappa shape index (κ2) is 5.56. The predicted molar refractivity (Wildman–Crippen MR) is 78.3 cm³/mol. The smallest absolute Gasteiger partial charge is 0.191 e. The molecule has 0 N–H and O–H groups in total. The first kappa shape index (κ1) is 13.6. The van der Waals surface area contributed by atoms with Crippen molar-refractivity contribution in [3.63, 3.8) is 0 Å². The summed E-state index contributed by atoms with van der Waals surface area (Å²) in [5.41, 5.74) is 1.10. The van der Waals surface area contributed by atoms with E-state index in [0.717, 1.165) is 22.3 Å². The minimum Gasteiger partial charge on any atom is -0.303 e. The molecule has 3 nitrogen and oxygen atoms in total. The molecule has 0 aliphatic heterocycles. The maximum atomic E-state index is 12.9. The molecule has 0 atom stereocenters. The predicted octanol–water partition coefficient (Wildman–Crippen LogP) is 4.17. The largest absolute Gasteiger partial charge is 0.303 e. The van der Waals surface area contributed by atoms with Crippen LogP contribution in [0.4, 0.5) is 4.39 Å². The number of benzene rings is 1. The number of nitrogens with zero attached hydrogens (tertiary/aromatic N) is 3. The van der Waals surface area contributed by atoms with E-state index in [0.29, 0.717) is 12.0 Å². The molecule has 0 bridgehead atoms. The van der Waals surface area contributed by atoms with Gasteiger partial charge in [0.05, 0.1) is 0 Å². The van der Waals surface area contributed by atoms with Gasteiger partial charge in [0.1, 0.15) is 11.6 Å². The number of thioether (sulfide) groups is 1. The third-order valence-corrected chi connectivity index (χ3v) is 4.41. The quantitative estimate of drug-likeness (QED) is 0.775. The second-order valence-corrected chi connectivity index (χ2v) is 6.45. The topological polar surface area (TPSA) is 30.7 Å². The minimum atomic E-state index is -0.193. The summed E-state index contributed by atoms with van der Waals surface area (Å²) in [5.74, 6) is 2.07. The lowest BCUT2D eigenvalue weighted by Crippen LogP contribution is -2.04. The summed E-state index contributed by atoms with van der Waals surface area (Å²) in [7, 11) is 0. The van der Waals surface area contributed by atoms with Crippen molar-refractivity contribution in [3.8, 4) is 0 Å². The number of hydrogen-bond donors (Lipinski definition) is 0. The first-order valence-electron chi connectivity index (χ1n) is 6.97. The first-order chi connectivity index (χ1) is 9.65. The summed E-state index contributed by atoms with van der Waals surface area (Å²) in [4.78, 5) is 0. The Balaban J connectivity index is 1.75. The van der Waals surface area contributed by atoms with E-state index in [-0.39, 0.29) is 5.82 Å². The van der Waals surface area contributed by atoms with Gasteiger partial charge < -0.3 is 4.57 Å². The molecule has 5 heteroatoms. The average Bonchev–Trinajstić information content (AvgIpc) is 3.18. The average molecular weight is 291 g/mol. The van der Waals surface area contributed by atoms with Gasteiger partial charge >= 0.3 is 0 Å². The fourth-order valence-electron chi connectivity index (χ4n) is 2.18. The summed E-state index contributed by atoms with van der Waals surface area (Å²) < 4.78 is 15.2. The molecule has 1 aliphatic carbocycles. The standard InChI is InChI=1S/C15H18FN3S/c1-10(2)14-17-18-15(19(14)13-7-8-13)20-9-11-3-5-12(16)6-4-11/h3-6,10,13H,7-9H2,1-2H3. The molecule has 0 amide bonds. The zero-order chi connectivity index (χ0) is 14.1. The van der Waals surface area contributed by atoms with Crippen LogP contribution < -0.4 is 0 Å². The van der Waals surface area contributed by atoms with Crippen molar-refractivity contribution < 1.29 is 4.39 Å². The SMILES string of the molecule is CC(C)c1nnc(SCc2ccc(F)cc2)n1C1CC1. The molecule has 1 aromatic carbocycles. The summed E-state index contributed by atoms with van der Waals surface area (Å²) >= 11 is 1.68.